The second kappa shape index (κ2) is 5.26. The Balaban J connectivity index is 2.05. The van der Waals surface area contributed by atoms with Gasteiger partial charge in [-0.05, 0) is 20.8 Å². The molecule has 2 aliphatic heterocycles. The normalized spacial score (nSPS) is 26.7. The molecule has 0 unspecified atom stereocenters. The van der Waals surface area contributed by atoms with Crippen LogP contribution >= 0.6 is 0 Å². The number of aliphatic hydroxyl groups excluding tert-OH is 1. The van der Waals surface area contributed by atoms with E-state index >= 15 is 0 Å². The molecule has 6 nitrogen and oxygen atoms in total. The fraction of sp³-hybridized carbons (Fsp3) is 0.923. The molecule has 1 N–H and O–H groups in total. The first kappa shape index (κ1) is 14.6. The molecule has 19 heavy (non-hydrogen) atoms. The molecule has 1 amide bonds. The topological polar surface area (TPSA) is 68.2 Å². The summed E-state index contributed by atoms with van der Waals surface area (Å²) < 4.78 is 16.3. The molecule has 0 radical (unpaired) electrons. The third kappa shape index (κ3) is 3.58. The number of hydrogen-bond acceptors (Lipinski definition) is 5. The predicted molar refractivity (Wildman–Crippen MR) is 67.9 cm³/mol. The molecule has 2 heterocycles. The summed E-state index contributed by atoms with van der Waals surface area (Å²) in [6.07, 6.45) is -0.713. The number of rotatable bonds is 1. The van der Waals surface area contributed by atoms with E-state index in [9.17, 15) is 9.90 Å². The van der Waals surface area contributed by atoms with Gasteiger partial charge in [-0.15, -0.1) is 0 Å². The van der Waals surface area contributed by atoms with Gasteiger partial charge in [0.25, 0.3) is 0 Å². The zero-order valence-corrected chi connectivity index (χ0v) is 11.8. The van der Waals surface area contributed by atoms with E-state index in [1.165, 1.54) is 0 Å². The maximum absolute atomic E-state index is 12.2. The smallest absolute Gasteiger partial charge is 0.410 e. The highest BCUT2D eigenvalue weighted by atomic mass is 16.6. The maximum atomic E-state index is 12.2. The average molecular weight is 273 g/mol. The van der Waals surface area contributed by atoms with Crippen molar-refractivity contribution < 1.29 is 24.1 Å². The first-order valence-electron chi connectivity index (χ1n) is 6.62. The summed E-state index contributed by atoms with van der Waals surface area (Å²) in [7, 11) is 0. The van der Waals surface area contributed by atoms with E-state index in [4.69, 9.17) is 14.2 Å². The van der Waals surface area contributed by atoms with Gasteiger partial charge in [-0.3, -0.25) is 0 Å². The molecule has 0 aromatic carbocycles. The van der Waals surface area contributed by atoms with E-state index < -0.39 is 5.60 Å². The van der Waals surface area contributed by atoms with E-state index in [0.29, 0.717) is 32.9 Å². The van der Waals surface area contributed by atoms with Crippen LogP contribution in [0.1, 0.15) is 20.8 Å². The van der Waals surface area contributed by atoms with E-state index in [1.807, 2.05) is 20.8 Å². The summed E-state index contributed by atoms with van der Waals surface area (Å²) in [5, 5.41) is 9.27. The lowest BCUT2D eigenvalue weighted by Crippen LogP contribution is -2.53. The van der Waals surface area contributed by atoms with E-state index in [2.05, 4.69) is 0 Å². The molecule has 0 aliphatic carbocycles. The second-order valence-corrected chi connectivity index (χ2v) is 6.47. The third-order valence-corrected chi connectivity index (χ3v) is 3.25. The second-order valence-electron chi connectivity index (χ2n) is 6.47. The standard InChI is InChI=1S/C13H23NO5/c1-12(2,3)19-11(16)14-4-10(5-15)18-9-13(6-14)7-17-8-13/h10,15H,4-9H2,1-3H3/t10-/m0/s1. The molecular weight excluding hydrogens is 250 g/mol. The highest BCUT2D eigenvalue weighted by Crippen LogP contribution is 2.32. The number of aliphatic hydroxyl groups is 1. The van der Waals surface area contributed by atoms with Crippen molar-refractivity contribution in [3.8, 4) is 0 Å². The monoisotopic (exact) mass is 273 g/mol. The highest BCUT2D eigenvalue weighted by molar-refractivity contribution is 5.68. The Labute approximate surface area is 113 Å². The Morgan fingerprint density at radius 1 is 1.42 bits per heavy atom. The van der Waals surface area contributed by atoms with Crippen LogP contribution in [0.5, 0.6) is 0 Å². The van der Waals surface area contributed by atoms with E-state index in [0.717, 1.165) is 0 Å². The third-order valence-electron chi connectivity index (χ3n) is 3.25. The number of hydrogen-bond donors (Lipinski definition) is 1. The van der Waals surface area contributed by atoms with Crippen molar-refractivity contribution in [2.75, 3.05) is 39.5 Å². The van der Waals surface area contributed by atoms with Crippen molar-refractivity contribution in [1.29, 1.82) is 0 Å². The Morgan fingerprint density at radius 2 is 2.11 bits per heavy atom. The van der Waals surface area contributed by atoms with Crippen LogP contribution in [0.4, 0.5) is 4.79 Å². The number of amides is 1. The van der Waals surface area contributed by atoms with Gasteiger partial charge in [0.05, 0.1) is 44.5 Å². The molecule has 0 bridgehead atoms. The quantitative estimate of drug-likeness (QED) is 0.759. The molecule has 0 saturated carbocycles. The lowest BCUT2D eigenvalue weighted by atomic mass is 9.86. The molecule has 0 aromatic heterocycles. The van der Waals surface area contributed by atoms with Gasteiger partial charge < -0.3 is 24.2 Å². The van der Waals surface area contributed by atoms with Gasteiger partial charge in [0.15, 0.2) is 0 Å². The molecule has 6 heteroatoms. The van der Waals surface area contributed by atoms with Crippen molar-refractivity contribution in [2.45, 2.75) is 32.5 Å². The van der Waals surface area contributed by atoms with Crippen molar-refractivity contribution in [1.82, 2.24) is 4.90 Å². The molecule has 1 atom stereocenters. The van der Waals surface area contributed by atoms with Crippen LogP contribution in [0.25, 0.3) is 0 Å². The summed E-state index contributed by atoms with van der Waals surface area (Å²) in [5.74, 6) is 0. The summed E-state index contributed by atoms with van der Waals surface area (Å²) >= 11 is 0. The van der Waals surface area contributed by atoms with Crippen LogP contribution in [0.15, 0.2) is 0 Å². The minimum atomic E-state index is -0.526. The minimum Gasteiger partial charge on any atom is -0.444 e. The Morgan fingerprint density at radius 3 is 2.58 bits per heavy atom. The number of ether oxygens (including phenoxy) is 3. The van der Waals surface area contributed by atoms with Crippen molar-refractivity contribution in [3.63, 3.8) is 0 Å². The van der Waals surface area contributed by atoms with Crippen LogP contribution in [-0.4, -0.2) is 67.3 Å². The molecule has 1 spiro atoms. The summed E-state index contributed by atoms with van der Waals surface area (Å²) in [5.41, 5.74) is -0.664. The van der Waals surface area contributed by atoms with E-state index in [1.54, 1.807) is 4.90 Å². The van der Waals surface area contributed by atoms with Crippen LogP contribution in [0.2, 0.25) is 0 Å². The molecular formula is C13H23NO5. The number of nitrogens with zero attached hydrogens (tertiary/aromatic N) is 1. The fourth-order valence-corrected chi connectivity index (χ4v) is 2.25. The number of carbonyl (C=O) groups is 1. The molecule has 2 saturated heterocycles. The largest absolute Gasteiger partial charge is 0.444 e. The summed E-state index contributed by atoms with van der Waals surface area (Å²) in [6.45, 7) is 8.01. The molecule has 2 fully saturated rings. The Hall–Kier alpha value is -0.850. The van der Waals surface area contributed by atoms with Crippen LogP contribution in [0.3, 0.4) is 0 Å². The molecule has 110 valence electrons. The lowest BCUT2D eigenvalue weighted by molar-refractivity contribution is -0.152. The summed E-state index contributed by atoms with van der Waals surface area (Å²) in [4.78, 5) is 13.8. The number of carbonyl (C=O) groups excluding carboxylic acids is 1. The van der Waals surface area contributed by atoms with Gasteiger partial charge in [-0.1, -0.05) is 0 Å². The van der Waals surface area contributed by atoms with Gasteiger partial charge >= 0.3 is 6.09 Å². The average Bonchev–Trinajstić information content (AvgIpc) is 2.45. The lowest BCUT2D eigenvalue weighted by Gasteiger charge is -2.42. The minimum absolute atomic E-state index is 0.101. The first-order chi connectivity index (χ1) is 8.84. The molecule has 0 aromatic rings. The van der Waals surface area contributed by atoms with Crippen LogP contribution in [-0.2, 0) is 14.2 Å². The van der Waals surface area contributed by atoms with Gasteiger partial charge in [0.1, 0.15) is 5.60 Å². The first-order valence-corrected chi connectivity index (χ1v) is 6.62. The van der Waals surface area contributed by atoms with Gasteiger partial charge in [0, 0.05) is 6.54 Å². The fourth-order valence-electron chi connectivity index (χ4n) is 2.25. The predicted octanol–water partition coefficient (Wildman–Crippen LogP) is 0.631. The SMILES string of the molecule is CC(C)(C)OC(=O)N1C[C@@H](CO)OCC2(COC2)C1. The molecule has 2 aliphatic rings. The van der Waals surface area contributed by atoms with Crippen molar-refractivity contribution in [3.05, 3.63) is 0 Å². The van der Waals surface area contributed by atoms with E-state index in [-0.39, 0.29) is 24.2 Å². The van der Waals surface area contributed by atoms with Gasteiger partial charge in [0.2, 0.25) is 0 Å². The highest BCUT2D eigenvalue weighted by Gasteiger charge is 2.45. The van der Waals surface area contributed by atoms with Gasteiger partial charge in [-0.25, -0.2) is 4.79 Å². The Bertz CT molecular complexity index is 334. The summed E-state index contributed by atoms with van der Waals surface area (Å²) in [6, 6.07) is 0. The zero-order chi connectivity index (χ0) is 14.1. The van der Waals surface area contributed by atoms with Crippen molar-refractivity contribution >= 4 is 6.09 Å². The van der Waals surface area contributed by atoms with Crippen LogP contribution in [0, 0.1) is 5.41 Å². The Kier molecular flexibility index (Phi) is 4.03. The molecule has 2 rings (SSSR count). The van der Waals surface area contributed by atoms with Crippen molar-refractivity contribution in [2.24, 2.45) is 5.41 Å². The maximum Gasteiger partial charge on any atom is 0.410 e. The van der Waals surface area contributed by atoms with Crippen LogP contribution < -0.4 is 0 Å². The van der Waals surface area contributed by atoms with Gasteiger partial charge in [-0.2, -0.15) is 0 Å². The zero-order valence-electron chi connectivity index (χ0n) is 11.8.